The van der Waals surface area contributed by atoms with Crippen LogP contribution in [-0.4, -0.2) is 74.0 Å². The highest BCUT2D eigenvalue weighted by molar-refractivity contribution is 5.78. The van der Waals surface area contributed by atoms with Gasteiger partial charge in [0.2, 0.25) is 11.8 Å². The van der Waals surface area contributed by atoms with Gasteiger partial charge in [-0.05, 0) is 35.4 Å². The maximum atomic E-state index is 14.4. The molecule has 2 fully saturated rings. The van der Waals surface area contributed by atoms with Crippen LogP contribution in [0.15, 0.2) is 97.1 Å². The van der Waals surface area contributed by atoms with Gasteiger partial charge in [-0.15, -0.1) is 0 Å². The summed E-state index contributed by atoms with van der Waals surface area (Å²) in [5.41, 5.74) is 2.20. The van der Waals surface area contributed by atoms with Crippen LogP contribution >= 0.6 is 0 Å². The fraction of sp³-hybridized carbons (Fsp3) is 0.316. The minimum Gasteiger partial charge on any atom is -0.366 e. The van der Waals surface area contributed by atoms with E-state index in [1.54, 1.807) is 19.6 Å². The number of halogens is 4. The molecule has 256 valence electrons. The summed E-state index contributed by atoms with van der Waals surface area (Å²) in [7, 11) is 0. The van der Waals surface area contributed by atoms with Crippen molar-refractivity contribution < 1.29 is 31.9 Å². The van der Waals surface area contributed by atoms with E-state index in [0.29, 0.717) is 63.7 Å². The quantitative estimate of drug-likeness (QED) is 0.180. The third-order valence-electron chi connectivity index (χ3n) is 9.16. The Balaban J connectivity index is 1.13. The van der Waals surface area contributed by atoms with Crippen molar-refractivity contribution in [2.24, 2.45) is 0 Å². The molecular formula is C38H38F4N4O3. The van der Waals surface area contributed by atoms with E-state index in [4.69, 9.17) is 4.74 Å². The summed E-state index contributed by atoms with van der Waals surface area (Å²) in [6.07, 6.45) is -1.24. The molecule has 49 heavy (non-hydrogen) atoms. The number of amides is 2. The minimum atomic E-state index is -0.655. The first kappa shape index (κ1) is 34.0. The van der Waals surface area contributed by atoms with Crippen molar-refractivity contribution in [2.45, 2.75) is 25.0 Å². The largest absolute Gasteiger partial charge is 0.366 e. The Kier molecular flexibility index (Phi) is 10.8. The van der Waals surface area contributed by atoms with Crippen molar-refractivity contribution in [1.29, 1.82) is 0 Å². The van der Waals surface area contributed by atoms with Crippen LogP contribution in [0.2, 0.25) is 0 Å². The van der Waals surface area contributed by atoms with E-state index in [1.165, 1.54) is 24.3 Å². The molecule has 4 aromatic rings. The van der Waals surface area contributed by atoms with Crippen molar-refractivity contribution in [1.82, 2.24) is 9.80 Å². The first-order valence-electron chi connectivity index (χ1n) is 16.5. The molecule has 2 aliphatic rings. The van der Waals surface area contributed by atoms with Crippen LogP contribution in [0.1, 0.15) is 36.2 Å². The number of carbonyl (C=O) groups is 2. The first-order chi connectivity index (χ1) is 23.7. The van der Waals surface area contributed by atoms with Crippen LogP contribution in [-0.2, 0) is 14.3 Å². The number of carbonyl (C=O) groups excluding carboxylic acids is 2. The van der Waals surface area contributed by atoms with Gasteiger partial charge >= 0.3 is 0 Å². The Morgan fingerprint density at radius 2 is 0.898 bits per heavy atom. The first-order valence-corrected chi connectivity index (χ1v) is 16.5. The fourth-order valence-electron chi connectivity index (χ4n) is 6.47. The van der Waals surface area contributed by atoms with Gasteiger partial charge in [-0.25, -0.2) is 17.6 Å². The average molecular weight is 675 g/mol. The van der Waals surface area contributed by atoms with E-state index < -0.39 is 35.5 Å². The molecule has 7 nitrogen and oxygen atoms in total. The lowest BCUT2D eigenvalue weighted by Crippen LogP contribution is -2.49. The standard InChI is InChI=1S/C38H38F4N4O3/c39-29-11-13-33(31(41)23-29)43-15-19-45(20-16-43)37(47)25-35(27-7-3-1-4-8-27)49-36(28-9-5-2-6-10-28)26-38(48)46-21-17-44(18-22-46)34-14-12-30(40)24-32(34)42/h1-14,23-24,35-36H,15-22,25-26H2. The van der Waals surface area contributed by atoms with Gasteiger partial charge in [0.05, 0.1) is 36.4 Å². The molecule has 11 heteroatoms. The van der Waals surface area contributed by atoms with Crippen molar-refractivity contribution in [3.05, 3.63) is 131 Å². The van der Waals surface area contributed by atoms with Crippen molar-refractivity contribution in [3.63, 3.8) is 0 Å². The Labute approximate surface area is 283 Å². The minimum absolute atomic E-state index is 0.0361. The lowest BCUT2D eigenvalue weighted by Gasteiger charge is -2.37. The summed E-state index contributed by atoms with van der Waals surface area (Å²) in [6.45, 7) is 3.05. The fourth-order valence-corrected chi connectivity index (χ4v) is 6.47. The molecule has 0 spiro atoms. The monoisotopic (exact) mass is 674 g/mol. The Hall–Kier alpha value is -4.90. The molecule has 4 aromatic carbocycles. The molecule has 2 atom stereocenters. The second kappa shape index (κ2) is 15.5. The number of anilines is 2. The predicted molar refractivity (Wildman–Crippen MR) is 179 cm³/mol. The number of benzene rings is 4. The van der Waals surface area contributed by atoms with Crippen LogP contribution in [0.3, 0.4) is 0 Å². The Bertz CT molecular complexity index is 1600. The van der Waals surface area contributed by atoms with Crippen LogP contribution in [0.25, 0.3) is 0 Å². The predicted octanol–water partition coefficient (Wildman–Crippen LogP) is 6.52. The Morgan fingerprint density at radius 3 is 1.24 bits per heavy atom. The van der Waals surface area contributed by atoms with Crippen LogP contribution in [0, 0.1) is 23.3 Å². The van der Waals surface area contributed by atoms with Crippen LogP contribution in [0.4, 0.5) is 28.9 Å². The van der Waals surface area contributed by atoms with Gasteiger partial charge in [-0.1, -0.05) is 60.7 Å². The molecular weight excluding hydrogens is 636 g/mol. The van der Waals surface area contributed by atoms with Crippen molar-refractivity contribution in [3.8, 4) is 0 Å². The Morgan fingerprint density at radius 1 is 0.531 bits per heavy atom. The molecule has 0 aliphatic carbocycles. The van der Waals surface area contributed by atoms with Gasteiger partial charge < -0.3 is 24.3 Å². The van der Waals surface area contributed by atoms with E-state index in [1.807, 2.05) is 60.7 Å². The summed E-state index contributed by atoms with van der Waals surface area (Å²) in [5.74, 6) is -2.81. The number of ether oxygens (including phenoxy) is 1. The second-order valence-electron chi connectivity index (χ2n) is 12.3. The summed E-state index contributed by atoms with van der Waals surface area (Å²) in [5, 5.41) is 0. The third kappa shape index (κ3) is 8.40. The second-order valence-corrected chi connectivity index (χ2v) is 12.3. The lowest BCUT2D eigenvalue weighted by molar-refractivity contribution is -0.139. The van der Waals surface area contributed by atoms with E-state index in [2.05, 4.69) is 0 Å². The zero-order valence-electron chi connectivity index (χ0n) is 27.0. The molecule has 0 radical (unpaired) electrons. The zero-order chi connectivity index (χ0) is 34.3. The van der Waals surface area contributed by atoms with Crippen molar-refractivity contribution >= 4 is 23.2 Å². The maximum Gasteiger partial charge on any atom is 0.225 e. The molecule has 2 aliphatic heterocycles. The van der Waals surface area contributed by atoms with Gasteiger partial charge in [-0.3, -0.25) is 9.59 Å². The molecule has 0 saturated carbocycles. The number of hydrogen-bond acceptors (Lipinski definition) is 5. The summed E-state index contributed by atoms with van der Waals surface area (Å²) < 4.78 is 62.4. The number of rotatable bonds is 10. The molecule has 2 saturated heterocycles. The highest BCUT2D eigenvalue weighted by Gasteiger charge is 2.31. The lowest BCUT2D eigenvalue weighted by atomic mass is 10.0. The van der Waals surface area contributed by atoms with E-state index in [0.717, 1.165) is 23.3 Å². The van der Waals surface area contributed by atoms with Crippen LogP contribution < -0.4 is 9.80 Å². The van der Waals surface area contributed by atoms with Gasteiger partial charge in [0, 0.05) is 64.5 Å². The molecule has 0 N–H and O–H groups in total. The van der Waals surface area contributed by atoms with E-state index in [-0.39, 0.29) is 24.7 Å². The van der Waals surface area contributed by atoms with Gasteiger partial charge in [-0.2, -0.15) is 0 Å². The summed E-state index contributed by atoms with van der Waals surface area (Å²) >= 11 is 0. The SMILES string of the molecule is O=C(CC(OC(CC(=O)N1CCN(c2ccc(F)cc2F)CC1)c1ccccc1)c1ccccc1)N1CCN(c2ccc(F)cc2F)CC1. The third-order valence-corrected chi connectivity index (χ3v) is 9.16. The maximum absolute atomic E-state index is 14.4. The highest BCUT2D eigenvalue weighted by atomic mass is 19.1. The molecule has 0 bridgehead atoms. The smallest absolute Gasteiger partial charge is 0.225 e. The topological polar surface area (TPSA) is 56.3 Å². The number of nitrogens with zero attached hydrogens (tertiary/aromatic N) is 4. The van der Waals surface area contributed by atoms with Gasteiger partial charge in [0.25, 0.3) is 0 Å². The summed E-state index contributed by atoms with van der Waals surface area (Å²) in [4.78, 5) is 34.4. The molecule has 2 amide bonds. The highest BCUT2D eigenvalue weighted by Crippen LogP contribution is 2.33. The van der Waals surface area contributed by atoms with Crippen molar-refractivity contribution in [2.75, 3.05) is 62.2 Å². The zero-order valence-corrected chi connectivity index (χ0v) is 27.0. The molecule has 0 aromatic heterocycles. The molecule has 6 rings (SSSR count). The van der Waals surface area contributed by atoms with Gasteiger partial charge in [0.15, 0.2) is 0 Å². The summed E-state index contributed by atoms with van der Waals surface area (Å²) in [6, 6.07) is 25.8. The average Bonchev–Trinajstić information content (AvgIpc) is 3.12. The van der Waals surface area contributed by atoms with Crippen LogP contribution in [0.5, 0.6) is 0 Å². The molecule has 2 heterocycles. The number of piperazine rings is 2. The van der Waals surface area contributed by atoms with E-state index in [9.17, 15) is 27.2 Å². The molecule has 2 unspecified atom stereocenters. The normalized spacial score (nSPS) is 16.4. The number of hydrogen-bond donors (Lipinski definition) is 0. The van der Waals surface area contributed by atoms with Gasteiger partial charge in [0.1, 0.15) is 23.3 Å². The van der Waals surface area contributed by atoms with E-state index >= 15 is 0 Å².